The van der Waals surface area contributed by atoms with Gasteiger partial charge in [-0.15, -0.1) is 0 Å². The zero-order valence-corrected chi connectivity index (χ0v) is 16.2. The molecule has 0 aliphatic heterocycles. The fourth-order valence-electron chi connectivity index (χ4n) is 4.18. The van der Waals surface area contributed by atoms with Crippen LogP contribution in [-0.4, -0.2) is 5.54 Å². The highest BCUT2D eigenvalue weighted by atomic mass is 14.7. The lowest BCUT2D eigenvalue weighted by atomic mass is 9.79. The lowest BCUT2D eigenvalue weighted by Crippen LogP contribution is -2.41. The van der Waals surface area contributed by atoms with Crippen molar-refractivity contribution in [2.75, 3.05) is 0 Å². The maximum Gasteiger partial charge on any atom is 0.0154 e. The predicted molar refractivity (Wildman–Crippen MR) is 105 cm³/mol. The molecule has 0 aromatic carbocycles. The van der Waals surface area contributed by atoms with Crippen LogP contribution >= 0.6 is 0 Å². The molecule has 0 atom stereocenters. The number of rotatable bonds is 15. The van der Waals surface area contributed by atoms with Gasteiger partial charge in [0.15, 0.2) is 0 Å². The summed E-state index contributed by atoms with van der Waals surface area (Å²) < 4.78 is 0. The van der Waals surface area contributed by atoms with Crippen LogP contribution in [0, 0.1) is 0 Å². The normalized spacial score (nSPS) is 17.5. The van der Waals surface area contributed by atoms with Crippen molar-refractivity contribution in [2.45, 2.75) is 141 Å². The van der Waals surface area contributed by atoms with E-state index in [1.54, 1.807) is 0 Å². The Morgan fingerprint density at radius 1 is 0.565 bits per heavy atom. The molecule has 2 N–H and O–H groups in total. The van der Waals surface area contributed by atoms with Gasteiger partial charge in [-0.05, 0) is 19.3 Å². The Labute approximate surface area is 147 Å². The summed E-state index contributed by atoms with van der Waals surface area (Å²) in [7, 11) is 0. The van der Waals surface area contributed by atoms with Crippen molar-refractivity contribution in [3.8, 4) is 0 Å². The molecule has 0 aromatic heterocycles. The Balaban J connectivity index is 1.74. The molecule has 0 radical (unpaired) electrons. The lowest BCUT2D eigenvalue weighted by Gasteiger charge is -2.33. The average Bonchev–Trinajstić information content (AvgIpc) is 2.56. The van der Waals surface area contributed by atoms with Gasteiger partial charge in [-0.1, -0.05) is 116 Å². The minimum Gasteiger partial charge on any atom is -0.325 e. The maximum atomic E-state index is 6.51. The summed E-state index contributed by atoms with van der Waals surface area (Å²) in [6, 6.07) is 0. The van der Waals surface area contributed by atoms with E-state index in [1.165, 1.54) is 128 Å². The van der Waals surface area contributed by atoms with E-state index in [1.807, 2.05) is 0 Å². The molecule has 0 saturated heterocycles. The van der Waals surface area contributed by atoms with Gasteiger partial charge < -0.3 is 5.73 Å². The molecule has 1 saturated carbocycles. The first-order valence-electron chi connectivity index (χ1n) is 11.1. The highest BCUT2D eigenvalue weighted by Crippen LogP contribution is 2.30. The first-order valence-corrected chi connectivity index (χ1v) is 11.1. The summed E-state index contributed by atoms with van der Waals surface area (Å²) in [6.07, 6.45) is 28.2. The van der Waals surface area contributed by atoms with Crippen molar-refractivity contribution < 1.29 is 0 Å². The van der Waals surface area contributed by atoms with Crippen molar-refractivity contribution in [3.63, 3.8) is 0 Å². The number of hydrogen-bond donors (Lipinski definition) is 1. The minimum atomic E-state index is 0.218. The van der Waals surface area contributed by atoms with Crippen LogP contribution in [-0.2, 0) is 0 Å². The molecule has 1 aliphatic rings. The second kappa shape index (κ2) is 14.3. The maximum absolute atomic E-state index is 6.51. The molecule has 0 heterocycles. The van der Waals surface area contributed by atoms with Crippen LogP contribution in [0.25, 0.3) is 0 Å². The van der Waals surface area contributed by atoms with Crippen molar-refractivity contribution in [2.24, 2.45) is 5.73 Å². The Kier molecular flexibility index (Phi) is 13.1. The Hall–Kier alpha value is -0.0400. The zero-order chi connectivity index (χ0) is 16.6. The summed E-state index contributed by atoms with van der Waals surface area (Å²) in [6.45, 7) is 2.30. The number of nitrogens with two attached hydrogens (primary N) is 1. The molecule has 23 heavy (non-hydrogen) atoms. The van der Waals surface area contributed by atoms with E-state index in [2.05, 4.69) is 6.92 Å². The third-order valence-corrected chi connectivity index (χ3v) is 5.88. The third-order valence-electron chi connectivity index (χ3n) is 5.88. The fourth-order valence-corrected chi connectivity index (χ4v) is 4.18. The molecule has 1 aliphatic carbocycles. The van der Waals surface area contributed by atoms with Crippen molar-refractivity contribution in [1.29, 1.82) is 0 Å². The van der Waals surface area contributed by atoms with Gasteiger partial charge in [-0.3, -0.25) is 0 Å². The molecule has 0 unspecified atom stereocenters. The number of hydrogen-bond acceptors (Lipinski definition) is 1. The van der Waals surface area contributed by atoms with Gasteiger partial charge in [-0.25, -0.2) is 0 Å². The SMILES string of the molecule is CCCCCCCCCCCCCCCCC1(N)CCCCC1. The van der Waals surface area contributed by atoms with E-state index in [0.29, 0.717) is 0 Å². The van der Waals surface area contributed by atoms with Gasteiger partial charge >= 0.3 is 0 Å². The predicted octanol–water partition coefficient (Wildman–Crippen LogP) is 7.52. The highest BCUT2D eigenvalue weighted by Gasteiger charge is 2.26. The highest BCUT2D eigenvalue weighted by molar-refractivity contribution is 4.86. The van der Waals surface area contributed by atoms with Crippen LogP contribution in [0.5, 0.6) is 0 Å². The van der Waals surface area contributed by atoms with E-state index < -0.39 is 0 Å². The van der Waals surface area contributed by atoms with Gasteiger partial charge in [0.1, 0.15) is 0 Å². The van der Waals surface area contributed by atoms with E-state index in [-0.39, 0.29) is 5.54 Å². The summed E-state index contributed by atoms with van der Waals surface area (Å²) in [4.78, 5) is 0. The van der Waals surface area contributed by atoms with E-state index in [0.717, 1.165) is 0 Å². The third kappa shape index (κ3) is 12.0. The standard InChI is InChI=1S/C22H45N/c1-2-3-4-5-6-7-8-9-10-11-12-13-14-16-19-22(23)20-17-15-18-21-22/h2-21,23H2,1H3. The summed E-state index contributed by atoms with van der Waals surface area (Å²) in [5.41, 5.74) is 6.72. The van der Waals surface area contributed by atoms with Gasteiger partial charge in [0.2, 0.25) is 0 Å². The summed E-state index contributed by atoms with van der Waals surface area (Å²) in [5.74, 6) is 0. The summed E-state index contributed by atoms with van der Waals surface area (Å²) in [5, 5.41) is 0. The Morgan fingerprint density at radius 3 is 1.39 bits per heavy atom. The molecule has 1 nitrogen and oxygen atoms in total. The van der Waals surface area contributed by atoms with E-state index in [9.17, 15) is 0 Å². The molecule has 1 fully saturated rings. The first-order chi connectivity index (χ1) is 11.3. The smallest absolute Gasteiger partial charge is 0.0154 e. The van der Waals surface area contributed by atoms with Crippen molar-refractivity contribution >= 4 is 0 Å². The van der Waals surface area contributed by atoms with Gasteiger partial charge in [0.25, 0.3) is 0 Å². The molecular weight excluding hydrogens is 278 g/mol. The molecule has 0 spiro atoms. The van der Waals surface area contributed by atoms with Crippen LogP contribution in [0.1, 0.15) is 135 Å². The van der Waals surface area contributed by atoms with Crippen LogP contribution in [0.3, 0.4) is 0 Å². The molecule has 0 amide bonds. The largest absolute Gasteiger partial charge is 0.325 e. The molecule has 1 heteroatoms. The summed E-state index contributed by atoms with van der Waals surface area (Å²) >= 11 is 0. The van der Waals surface area contributed by atoms with E-state index >= 15 is 0 Å². The Bertz CT molecular complexity index is 242. The molecule has 138 valence electrons. The van der Waals surface area contributed by atoms with Gasteiger partial charge in [0.05, 0.1) is 0 Å². The van der Waals surface area contributed by atoms with Crippen LogP contribution in [0.2, 0.25) is 0 Å². The number of unbranched alkanes of at least 4 members (excludes halogenated alkanes) is 13. The second-order valence-electron chi connectivity index (χ2n) is 8.27. The molecular formula is C22H45N. The lowest BCUT2D eigenvalue weighted by molar-refractivity contribution is 0.269. The minimum absolute atomic E-state index is 0.218. The van der Waals surface area contributed by atoms with Crippen LogP contribution in [0.4, 0.5) is 0 Å². The van der Waals surface area contributed by atoms with Gasteiger partial charge in [-0.2, -0.15) is 0 Å². The average molecular weight is 324 g/mol. The van der Waals surface area contributed by atoms with Crippen LogP contribution in [0.15, 0.2) is 0 Å². The quantitative estimate of drug-likeness (QED) is 0.310. The van der Waals surface area contributed by atoms with Crippen molar-refractivity contribution in [1.82, 2.24) is 0 Å². The fraction of sp³-hybridized carbons (Fsp3) is 1.00. The Morgan fingerprint density at radius 2 is 0.957 bits per heavy atom. The molecule has 1 rings (SSSR count). The van der Waals surface area contributed by atoms with Crippen LogP contribution < -0.4 is 5.73 Å². The topological polar surface area (TPSA) is 26.0 Å². The van der Waals surface area contributed by atoms with E-state index in [4.69, 9.17) is 5.73 Å². The first kappa shape index (κ1) is 21.0. The van der Waals surface area contributed by atoms with Crippen molar-refractivity contribution in [3.05, 3.63) is 0 Å². The van der Waals surface area contributed by atoms with Gasteiger partial charge in [0, 0.05) is 5.54 Å². The monoisotopic (exact) mass is 323 g/mol. The zero-order valence-electron chi connectivity index (χ0n) is 16.2. The molecule has 0 bridgehead atoms. The second-order valence-corrected chi connectivity index (χ2v) is 8.27. The molecule has 0 aromatic rings.